The quantitative estimate of drug-likeness (QED) is 0.676. The van der Waals surface area contributed by atoms with Gasteiger partial charge in [-0.25, -0.2) is 0 Å². The van der Waals surface area contributed by atoms with E-state index >= 15 is 0 Å². The van der Waals surface area contributed by atoms with Gasteiger partial charge in [0.15, 0.2) is 0 Å². The first kappa shape index (κ1) is 14.7. The van der Waals surface area contributed by atoms with Gasteiger partial charge in [0.2, 0.25) is 0 Å². The molecule has 0 aliphatic heterocycles. The van der Waals surface area contributed by atoms with Crippen LogP contribution in [0.2, 0.25) is 0 Å². The van der Waals surface area contributed by atoms with Crippen molar-refractivity contribution in [1.82, 2.24) is 0 Å². The zero-order valence-corrected chi connectivity index (χ0v) is 12.6. The Bertz CT molecular complexity index is 291. The van der Waals surface area contributed by atoms with E-state index in [1.165, 1.54) is 44.9 Å². The van der Waals surface area contributed by atoms with Gasteiger partial charge in [0.05, 0.1) is 0 Å². The Kier molecular flexibility index (Phi) is 5.55. The molecule has 2 aliphatic carbocycles. The minimum absolute atomic E-state index is 0.220. The minimum Gasteiger partial charge on any atom is -0.424 e. The Hall–Kier alpha value is -0.710. The van der Waals surface area contributed by atoms with Crippen molar-refractivity contribution in [2.75, 3.05) is 0 Å². The Balaban J connectivity index is 1.66. The highest BCUT2D eigenvalue weighted by molar-refractivity contribution is 4.80. The number of hydrogen-bond acceptors (Lipinski definition) is 2. The average molecular weight is 263 g/mol. The van der Waals surface area contributed by atoms with Gasteiger partial charge in [-0.15, -0.1) is 0 Å². The van der Waals surface area contributed by atoms with Crippen molar-refractivity contribution in [2.24, 2.45) is 23.7 Å². The number of nitriles is 1. The maximum absolute atomic E-state index is 8.54. The monoisotopic (exact) mass is 263 g/mol. The van der Waals surface area contributed by atoms with Gasteiger partial charge in [-0.2, -0.15) is 5.26 Å². The largest absolute Gasteiger partial charge is 0.424 e. The van der Waals surface area contributed by atoms with Crippen LogP contribution in [0.5, 0.6) is 0 Å². The summed E-state index contributed by atoms with van der Waals surface area (Å²) in [6, 6.07) is 0. The molecule has 19 heavy (non-hydrogen) atoms. The van der Waals surface area contributed by atoms with Crippen LogP contribution in [0.1, 0.15) is 71.6 Å². The first-order valence-electron chi connectivity index (χ1n) is 8.23. The van der Waals surface area contributed by atoms with Crippen molar-refractivity contribution in [3.63, 3.8) is 0 Å². The molecular formula is C17H29NO. The molecule has 2 rings (SSSR count). The van der Waals surface area contributed by atoms with Crippen molar-refractivity contribution < 1.29 is 4.74 Å². The van der Waals surface area contributed by atoms with E-state index in [4.69, 9.17) is 10.00 Å². The Morgan fingerprint density at radius 2 is 1.47 bits per heavy atom. The van der Waals surface area contributed by atoms with Gasteiger partial charge < -0.3 is 4.74 Å². The minimum atomic E-state index is 0.220. The summed E-state index contributed by atoms with van der Waals surface area (Å²) in [4.78, 5) is 0. The summed E-state index contributed by atoms with van der Waals surface area (Å²) in [5.41, 5.74) is 0. The molecule has 0 bridgehead atoms. The first-order chi connectivity index (χ1) is 9.19. The lowest BCUT2D eigenvalue weighted by Gasteiger charge is -2.34. The highest BCUT2D eigenvalue weighted by atomic mass is 16.5. The summed E-state index contributed by atoms with van der Waals surface area (Å²) in [6.45, 7) is 4.75. The SMILES string of the molecule is CC(C)C1CCC(CC2CCC(OC#N)CC2)CC1. The maximum Gasteiger partial charge on any atom is 0.286 e. The Morgan fingerprint density at radius 3 is 1.95 bits per heavy atom. The predicted octanol–water partition coefficient (Wildman–Crippen LogP) is 4.90. The predicted molar refractivity (Wildman–Crippen MR) is 77.3 cm³/mol. The fourth-order valence-corrected chi connectivity index (χ4v) is 4.12. The topological polar surface area (TPSA) is 33.0 Å². The van der Waals surface area contributed by atoms with Crippen LogP contribution in [-0.2, 0) is 4.74 Å². The van der Waals surface area contributed by atoms with E-state index in [0.29, 0.717) is 0 Å². The van der Waals surface area contributed by atoms with Crippen LogP contribution >= 0.6 is 0 Å². The van der Waals surface area contributed by atoms with Crippen molar-refractivity contribution in [1.29, 1.82) is 5.26 Å². The summed E-state index contributed by atoms with van der Waals surface area (Å²) >= 11 is 0. The highest BCUT2D eigenvalue weighted by Gasteiger charge is 2.28. The van der Waals surface area contributed by atoms with Crippen LogP contribution in [0.4, 0.5) is 0 Å². The van der Waals surface area contributed by atoms with E-state index in [2.05, 4.69) is 13.8 Å². The van der Waals surface area contributed by atoms with Crippen molar-refractivity contribution >= 4 is 0 Å². The van der Waals surface area contributed by atoms with Crippen molar-refractivity contribution in [2.45, 2.75) is 77.7 Å². The molecular weight excluding hydrogens is 234 g/mol. The molecule has 2 saturated carbocycles. The molecule has 0 amide bonds. The van der Waals surface area contributed by atoms with E-state index in [-0.39, 0.29) is 6.10 Å². The summed E-state index contributed by atoms with van der Waals surface area (Å²) < 4.78 is 5.07. The smallest absolute Gasteiger partial charge is 0.286 e. The number of rotatable bonds is 4. The Labute approximate surface area is 118 Å². The summed E-state index contributed by atoms with van der Waals surface area (Å²) in [7, 11) is 0. The second-order valence-corrected chi connectivity index (χ2v) is 7.11. The van der Waals surface area contributed by atoms with Gasteiger partial charge in [-0.05, 0) is 68.6 Å². The molecule has 0 aromatic rings. The van der Waals surface area contributed by atoms with Gasteiger partial charge in [-0.1, -0.05) is 26.7 Å². The summed E-state index contributed by atoms with van der Waals surface area (Å²) in [6.07, 6.45) is 14.1. The summed E-state index contributed by atoms with van der Waals surface area (Å²) in [5, 5.41) is 8.54. The zero-order valence-electron chi connectivity index (χ0n) is 12.6. The van der Waals surface area contributed by atoms with Crippen molar-refractivity contribution in [3.8, 4) is 6.26 Å². The van der Waals surface area contributed by atoms with Gasteiger partial charge in [0.1, 0.15) is 6.10 Å². The van der Waals surface area contributed by atoms with Crippen LogP contribution in [0.15, 0.2) is 0 Å². The normalized spacial score (nSPS) is 35.9. The average Bonchev–Trinajstić information content (AvgIpc) is 2.42. The molecule has 0 unspecified atom stereocenters. The molecule has 0 aromatic heterocycles. The molecule has 0 radical (unpaired) electrons. The third-order valence-corrected chi connectivity index (χ3v) is 5.51. The lowest BCUT2D eigenvalue weighted by Crippen LogP contribution is -2.24. The third-order valence-electron chi connectivity index (χ3n) is 5.51. The zero-order chi connectivity index (χ0) is 13.7. The van der Waals surface area contributed by atoms with Crippen molar-refractivity contribution in [3.05, 3.63) is 0 Å². The van der Waals surface area contributed by atoms with Crippen LogP contribution in [0, 0.1) is 35.2 Å². The lowest BCUT2D eigenvalue weighted by molar-refractivity contribution is 0.0892. The second-order valence-electron chi connectivity index (χ2n) is 7.11. The van der Waals surface area contributed by atoms with Crippen LogP contribution < -0.4 is 0 Å². The number of ether oxygens (including phenoxy) is 1. The van der Waals surface area contributed by atoms with E-state index in [1.807, 2.05) is 6.26 Å². The molecule has 0 aromatic carbocycles. The van der Waals surface area contributed by atoms with Gasteiger partial charge in [0, 0.05) is 0 Å². The molecule has 108 valence electrons. The molecule has 0 saturated heterocycles. The number of nitrogens with zero attached hydrogens (tertiary/aromatic N) is 1. The standard InChI is InChI=1S/C17H29NO/c1-13(2)16-7-3-14(4-8-16)11-15-5-9-17(10-6-15)19-12-18/h13-17H,3-11H2,1-2H3. The molecule has 0 atom stereocenters. The number of hydrogen-bond donors (Lipinski definition) is 0. The summed E-state index contributed by atoms with van der Waals surface area (Å²) in [5.74, 6) is 3.74. The van der Waals surface area contributed by atoms with E-state index in [0.717, 1.165) is 36.5 Å². The van der Waals surface area contributed by atoms with Gasteiger partial charge in [-0.3, -0.25) is 0 Å². The van der Waals surface area contributed by atoms with Crippen LogP contribution in [-0.4, -0.2) is 6.10 Å². The molecule has 2 nitrogen and oxygen atoms in total. The molecule has 2 aliphatic rings. The Morgan fingerprint density at radius 1 is 0.947 bits per heavy atom. The van der Waals surface area contributed by atoms with Crippen LogP contribution in [0.3, 0.4) is 0 Å². The van der Waals surface area contributed by atoms with E-state index in [9.17, 15) is 0 Å². The molecule has 0 N–H and O–H groups in total. The van der Waals surface area contributed by atoms with Gasteiger partial charge >= 0.3 is 0 Å². The first-order valence-corrected chi connectivity index (χ1v) is 8.23. The molecule has 2 fully saturated rings. The third kappa shape index (κ3) is 4.41. The fraction of sp³-hybridized carbons (Fsp3) is 0.941. The maximum atomic E-state index is 8.54. The second kappa shape index (κ2) is 7.17. The van der Waals surface area contributed by atoms with E-state index in [1.54, 1.807) is 0 Å². The molecule has 0 heterocycles. The fourth-order valence-electron chi connectivity index (χ4n) is 4.12. The van der Waals surface area contributed by atoms with Crippen LogP contribution in [0.25, 0.3) is 0 Å². The van der Waals surface area contributed by atoms with Gasteiger partial charge in [0.25, 0.3) is 6.26 Å². The highest BCUT2D eigenvalue weighted by Crippen LogP contribution is 2.39. The molecule has 0 spiro atoms. The molecule has 2 heteroatoms. The lowest BCUT2D eigenvalue weighted by atomic mass is 9.72. The van der Waals surface area contributed by atoms with E-state index < -0.39 is 0 Å².